The number of hydrogen-bond donors (Lipinski definition) is 3. The zero-order valence-electron chi connectivity index (χ0n) is 25.4. The summed E-state index contributed by atoms with van der Waals surface area (Å²) in [6.07, 6.45) is 7.15. The van der Waals surface area contributed by atoms with Gasteiger partial charge in [-0.05, 0) is 86.4 Å². The number of likely N-dealkylation sites (tertiary alicyclic amines) is 1. The molecule has 0 radical (unpaired) electrons. The van der Waals surface area contributed by atoms with Gasteiger partial charge in [-0.3, -0.25) is 14.5 Å². The van der Waals surface area contributed by atoms with Crippen molar-refractivity contribution >= 4 is 17.8 Å². The molecule has 43 heavy (non-hydrogen) atoms. The lowest BCUT2D eigenvalue weighted by molar-refractivity contribution is -0.166. The number of carboxylic acids is 1. The van der Waals surface area contributed by atoms with E-state index in [0.717, 1.165) is 56.2 Å². The van der Waals surface area contributed by atoms with E-state index in [1.165, 1.54) is 12.5 Å². The van der Waals surface area contributed by atoms with Crippen molar-refractivity contribution in [1.29, 1.82) is 0 Å². The maximum Gasteiger partial charge on any atom is 0.335 e. The highest BCUT2D eigenvalue weighted by Crippen LogP contribution is 2.36. The predicted octanol–water partition coefficient (Wildman–Crippen LogP) is 4.89. The largest absolute Gasteiger partial charge is 0.478 e. The van der Waals surface area contributed by atoms with Gasteiger partial charge in [0.25, 0.3) is 0 Å². The molecule has 3 N–H and O–H groups in total. The van der Waals surface area contributed by atoms with Crippen LogP contribution in [0.4, 0.5) is 0 Å². The highest BCUT2D eigenvalue weighted by molar-refractivity contribution is 6.00. The van der Waals surface area contributed by atoms with Gasteiger partial charge in [0.05, 0.1) is 11.7 Å². The molecule has 1 saturated carbocycles. The molecular formula is C34H45N3O6. The number of amides is 2. The molecule has 2 amide bonds. The number of nitrogens with zero attached hydrogens (tertiary/aromatic N) is 2. The van der Waals surface area contributed by atoms with E-state index in [2.05, 4.69) is 17.1 Å². The summed E-state index contributed by atoms with van der Waals surface area (Å²) in [4.78, 5) is 42.9. The number of carbonyl (C=O) groups is 3. The Morgan fingerprint density at radius 2 is 1.77 bits per heavy atom. The van der Waals surface area contributed by atoms with Gasteiger partial charge in [-0.1, -0.05) is 44.7 Å². The van der Waals surface area contributed by atoms with Crippen molar-refractivity contribution in [2.45, 2.75) is 95.9 Å². The monoisotopic (exact) mass is 591 g/mol. The van der Waals surface area contributed by atoms with Crippen LogP contribution < -0.4 is 10.1 Å². The number of aliphatic hydroxyl groups is 1. The highest BCUT2D eigenvalue weighted by Gasteiger charge is 2.55. The van der Waals surface area contributed by atoms with Crippen molar-refractivity contribution in [3.8, 4) is 11.5 Å². The van der Waals surface area contributed by atoms with Crippen molar-refractivity contribution < 1.29 is 29.3 Å². The molecule has 2 aliphatic heterocycles. The summed E-state index contributed by atoms with van der Waals surface area (Å²) in [7, 11) is 0. The first-order chi connectivity index (χ1) is 20.7. The fourth-order valence-electron chi connectivity index (χ4n) is 6.98. The van der Waals surface area contributed by atoms with E-state index in [0.29, 0.717) is 44.0 Å². The second kappa shape index (κ2) is 13.5. The van der Waals surface area contributed by atoms with Crippen molar-refractivity contribution in [1.82, 2.24) is 15.1 Å². The van der Waals surface area contributed by atoms with Crippen LogP contribution >= 0.6 is 0 Å². The molecule has 3 fully saturated rings. The first kappa shape index (κ1) is 31.0. The second-order valence-corrected chi connectivity index (χ2v) is 12.5. The van der Waals surface area contributed by atoms with E-state index < -0.39 is 23.7 Å². The van der Waals surface area contributed by atoms with E-state index in [1.54, 1.807) is 12.1 Å². The standard InChI is InChI=1S/C34H45N3O6/c1-3-4-18-37-31(39)29(30(38)25-8-6-5-7-9-25)35-33(42)34(37)16-19-36(20-17-34)22-24-10-13-27(14-11-24)43-28-15-12-26(32(40)41)21-23(28)2/h10-15,21,25,29-30,38H,3-9,16-20,22H2,1-2H3,(H,35,42)(H,40,41)/t29-,30-/m1/s1. The molecule has 2 atom stereocenters. The number of hydrogen-bond acceptors (Lipinski definition) is 6. The number of aryl methyl sites for hydroxylation is 1. The molecule has 0 bridgehead atoms. The van der Waals surface area contributed by atoms with Crippen molar-refractivity contribution in [3.05, 3.63) is 59.2 Å². The fraction of sp³-hybridized carbons (Fsp3) is 0.559. The third-order valence-electron chi connectivity index (χ3n) is 9.63. The molecule has 232 valence electrons. The van der Waals surface area contributed by atoms with Crippen LogP contribution in [0.1, 0.15) is 86.2 Å². The summed E-state index contributed by atoms with van der Waals surface area (Å²) in [5.74, 6) is 0.135. The van der Waals surface area contributed by atoms with Gasteiger partial charge in [0.15, 0.2) is 0 Å². The molecule has 2 heterocycles. The minimum atomic E-state index is -0.968. The maximum atomic E-state index is 13.8. The molecule has 2 saturated heterocycles. The number of benzene rings is 2. The summed E-state index contributed by atoms with van der Waals surface area (Å²) in [6.45, 7) is 6.54. The number of piperidine rings is 1. The summed E-state index contributed by atoms with van der Waals surface area (Å²) in [6, 6.07) is 11.8. The van der Waals surface area contributed by atoms with E-state index in [4.69, 9.17) is 4.74 Å². The van der Waals surface area contributed by atoms with E-state index in [1.807, 2.05) is 36.1 Å². The topological polar surface area (TPSA) is 119 Å². The number of unbranched alkanes of at least 4 members (excludes halogenated alkanes) is 1. The Labute approximate surface area is 254 Å². The minimum absolute atomic E-state index is 0.0604. The number of aliphatic hydroxyl groups excluding tert-OH is 1. The molecule has 5 rings (SSSR count). The number of nitrogens with one attached hydrogen (secondary N) is 1. The molecular weight excluding hydrogens is 546 g/mol. The van der Waals surface area contributed by atoms with Crippen molar-refractivity contribution in [2.24, 2.45) is 5.92 Å². The molecule has 2 aromatic rings. The number of carbonyl (C=O) groups excluding carboxylic acids is 2. The molecule has 9 heteroatoms. The molecule has 3 aliphatic rings. The third-order valence-corrected chi connectivity index (χ3v) is 9.63. The van der Waals surface area contributed by atoms with Gasteiger partial charge in [-0.25, -0.2) is 4.79 Å². The Kier molecular flexibility index (Phi) is 9.72. The van der Waals surface area contributed by atoms with E-state index >= 15 is 0 Å². The van der Waals surface area contributed by atoms with Crippen LogP contribution in [-0.2, 0) is 16.1 Å². The Balaban J connectivity index is 1.21. The average molecular weight is 592 g/mol. The van der Waals surface area contributed by atoms with Crippen LogP contribution in [0.15, 0.2) is 42.5 Å². The van der Waals surface area contributed by atoms with Gasteiger partial charge >= 0.3 is 5.97 Å². The van der Waals surface area contributed by atoms with Gasteiger partial charge in [0, 0.05) is 26.2 Å². The molecule has 1 aliphatic carbocycles. The number of carboxylic acid groups (broad SMARTS) is 1. The van der Waals surface area contributed by atoms with Gasteiger partial charge < -0.3 is 25.2 Å². The zero-order valence-corrected chi connectivity index (χ0v) is 25.4. The number of aromatic carboxylic acids is 1. The van der Waals surface area contributed by atoms with Crippen LogP contribution in [0.2, 0.25) is 0 Å². The zero-order chi connectivity index (χ0) is 30.6. The lowest BCUT2D eigenvalue weighted by Gasteiger charge is -2.52. The summed E-state index contributed by atoms with van der Waals surface area (Å²) in [5.41, 5.74) is 1.23. The summed E-state index contributed by atoms with van der Waals surface area (Å²) < 4.78 is 5.99. The van der Waals surface area contributed by atoms with Gasteiger partial charge in [0.2, 0.25) is 11.8 Å². The van der Waals surface area contributed by atoms with E-state index in [9.17, 15) is 24.6 Å². The Bertz CT molecular complexity index is 1300. The van der Waals surface area contributed by atoms with Gasteiger partial charge in [-0.2, -0.15) is 0 Å². The average Bonchev–Trinajstić information content (AvgIpc) is 3.02. The van der Waals surface area contributed by atoms with Crippen LogP contribution in [0, 0.1) is 12.8 Å². The molecule has 9 nitrogen and oxygen atoms in total. The quantitative estimate of drug-likeness (QED) is 0.360. The highest BCUT2D eigenvalue weighted by atomic mass is 16.5. The van der Waals surface area contributed by atoms with Gasteiger partial charge in [0.1, 0.15) is 23.1 Å². The normalized spacial score (nSPS) is 21.9. The fourth-order valence-corrected chi connectivity index (χ4v) is 6.98. The van der Waals surface area contributed by atoms with Gasteiger partial charge in [-0.15, -0.1) is 0 Å². The lowest BCUT2D eigenvalue weighted by atomic mass is 9.78. The van der Waals surface area contributed by atoms with Crippen LogP contribution in [-0.4, -0.2) is 75.1 Å². The van der Waals surface area contributed by atoms with Crippen LogP contribution in [0.25, 0.3) is 0 Å². The first-order valence-corrected chi connectivity index (χ1v) is 15.9. The van der Waals surface area contributed by atoms with Crippen molar-refractivity contribution in [3.63, 3.8) is 0 Å². The minimum Gasteiger partial charge on any atom is -0.478 e. The first-order valence-electron chi connectivity index (χ1n) is 15.9. The van der Waals surface area contributed by atoms with Crippen LogP contribution in [0.3, 0.4) is 0 Å². The predicted molar refractivity (Wildman–Crippen MR) is 163 cm³/mol. The Morgan fingerprint density at radius 3 is 2.40 bits per heavy atom. The molecule has 0 aromatic heterocycles. The smallest absolute Gasteiger partial charge is 0.335 e. The molecule has 0 unspecified atom stereocenters. The molecule has 1 spiro atoms. The number of ether oxygens (including phenoxy) is 1. The summed E-state index contributed by atoms with van der Waals surface area (Å²) >= 11 is 0. The van der Waals surface area contributed by atoms with Crippen molar-refractivity contribution in [2.75, 3.05) is 19.6 Å². The third kappa shape index (κ3) is 6.73. The van der Waals surface area contributed by atoms with E-state index in [-0.39, 0.29) is 23.3 Å². The number of piperazine rings is 1. The Hall–Kier alpha value is -3.43. The number of rotatable bonds is 10. The second-order valence-electron chi connectivity index (χ2n) is 12.5. The maximum absolute atomic E-state index is 13.8. The lowest BCUT2D eigenvalue weighted by Crippen LogP contribution is -2.75. The summed E-state index contributed by atoms with van der Waals surface area (Å²) in [5, 5.41) is 23.3. The SMILES string of the molecule is CCCCN1C(=O)[C@@H]([C@H](O)C2CCCCC2)NC(=O)C12CCN(Cc1ccc(Oc3ccc(C(=O)O)cc3C)cc1)CC2. The Morgan fingerprint density at radius 1 is 1.07 bits per heavy atom. The molecule has 2 aromatic carbocycles. The van der Waals surface area contributed by atoms with Crippen LogP contribution in [0.5, 0.6) is 11.5 Å².